The van der Waals surface area contributed by atoms with Crippen LogP contribution in [0.4, 0.5) is 0 Å². The summed E-state index contributed by atoms with van der Waals surface area (Å²) in [5.41, 5.74) is 0. The van der Waals surface area contributed by atoms with Crippen LogP contribution in [0, 0.1) is 0 Å². The second kappa shape index (κ2) is 45.3. The number of unbranched alkanes of at least 4 members (excludes halogenated alkanes) is 24. The van der Waals surface area contributed by atoms with Crippen molar-refractivity contribution in [2.45, 2.75) is 238 Å². The molecule has 0 rings (SSSR count). The van der Waals surface area contributed by atoms with Gasteiger partial charge in [0.05, 0.1) is 13.2 Å². The number of hydrogen-bond acceptors (Lipinski definition) is 6. The van der Waals surface area contributed by atoms with Crippen LogP contribution in [0.15, 0.2) is 48.6 Å². The number of carboxylic acids is 1. The van der Waals surface area contributed by atoms with E-state index in [4.69, 9.17) is 14.9 Å². The summed E-state index contributed by atoms with van der Waals surface area (Å²) in [6.07, 6.45) is 54.7. The van der Waals surface area contributed by atoms with Crippen molar-refractivity contribution in [3.05, 3.63) is 48.6 Å². The second-order valence-electron chi connectivity index (χ2n) is 16.5. The van der Waals surface area contributed by atoms with Gasteiger partial charge in [0.1, 0.15) is 12.1 Å². The number of amides is 2. The van der Waals surface area contributed by atoms with Crippen LogP contribution in [0.25, 0.3) is 0 Å². The van der Waals surface area contributed by atoms with E-state index < -0.39 is 24.5 Å². The highest BCUT2D eigenvalue weighted by molar-refractivity contribution is 5.87. The maximum Gasteiger partial charge on any atom is 0.328 e. The first-order valence-corrected chi connectivity index (χ1v) is 24.5. The summed E-state index contributed by atoms with van der Waals surface area (Å²) in [5.74, 6) is -2.36. The van der Waals surface area contributed by atoms with Gasteiger partial charge in [0.2, 0.25) is 11.8 Å². The minimum atomic E-state index is -1.38. The molecule has 0 aliphatic heterocycles. The van der Waals surface area contributed by atoms with E-state index in [0.717, 1.165) is 70.6 Å². The van der Waals surface area contributed by atoms with E-state index in [0.29, 0.717) is 19.3 Å². The molecule has 2 unspecified atom stereocenters. The Labute approximate surface area is 367 Å². The highest BCUT2D eigenvalue weighted by Crippen LogP contribution is 2.16. The number of ether oxygens (including phenoxy) is 1. The van der Waals surface area contributed by atoms with Gasteiger partial charge in [0.25, 0.3) is 0 Å². The normalized spacial score (nSPS) is 12.8. The molecule has 0 aromatic carbocycles. The van der Waals surface area contributed by atoms with Crippen LogP contribution in [0.2, 0.25) is 0 Å². The Morgan fingerprint density at radius 1 is 0.533 bits per heavy atom. The van der Waals surface area contributed by atoms with Gasteiger partial charge >= 0.3 is 11.9 Å². The number of allylic oxidation sites excluding steroid dienone is 7. The van der Waals surface area contributed by atoms with Crippen LogP contribution in [-0.2, 0) is 23.9 Å². The Hall–Kier alpha value is -3.20. The fourth-order valence-corrected chi connectivity index (χ4v) is 7.06. The summed E-state index contributed by atoms with van der Waals surface area (Å²) >= 11 is 0. The summed E-state index contributed by atoms with van der Waals surface area (Å²) in [5, 5.41) is 22.5. The molecule has 0 saturated carbocycles. The molecule has 9 nitrogen and oxygen atoms in total. The summed E-state index contributed by atoms with van der Waals surface area (Å²) in [6.45, 7) is 3.37. The first kappa shape index (κ1) is 56.8. The maximum atomic E-state index is 12.8. The SMILES string of the molecule is CC/C=C\C/C=C\C/C=C\C(CCCCCCCCC(=O)NCC(=O)NC(CO)C(=O)O)OC(=O)CCCCCCCCCCCCC/C=C\CCCCCCCCCC. The molecule has 0 aromatic rings. The van der Waals surface area contributed by atoms with Crippen LogP contribution in [0.1, 0.15) is 226 Å². The number of carbonyl (C=O) groups excluding carboxylic acids is 3. The third-order valence-electron chi connectivity index (χ3n) is 10.8. The van der Waals surface area contributed by atoms with Crippen molar-refractivity contribution in [3.8, 4) is 0 Å². The largest absolute Gasteiger partial charge is 0.480 e. The zero-order chi connectivity index (χ0) is 44.0. The van der Waals surface area contributed by atoms with E-state index in [1.54, 1.807) is 0 Å². The minimum Gasteiger partial charge on any atom is -0.480 e. The van der Waals surface area contributed by atoms with Crippen molar-refractivity contribution in [1.82, 2.24) is 10.6 Å². The number of carboxylic acid groups (broad SMARTS) is 1. The first-order chi connectivity index (χ1) is 29.3. The highest BCUT2D eigenvalue weighted by atomic mass is 16.5. The molecule has 0 aliphatic carbocycles. The fraction of sp³-hybridized carbons (Fsp3) is 0.765. The van der Waals surface area contributed by atoms with Crippen molar-refractivity contribution >= 4 is 23.8 Å². The number of carbonyl (C=O) groups is 4. The second-order valence-corrected chi connectivity index (χ2v) is 16.5. The van der Waals surface area contributed by atoms with Gasteiger partial charge in [-0.2, -0.15) is 0 Å². The van der Waals surface area contributed by atoms with Crippen LogP contribution in [0.5, 0.6) is 0 Å². The van der Waals surface area contributed by atoms with Crippen molar-refractivity contribution in [3.63, 3.8) is 0 Å². The van der Waals surface area contributed by atoms with E-state index in [1.807, 2.05) is 6.08 Å². The van der Waals surface area contributed by atoms with Crippen molar-refractivity contribution in [1.29, 1.82) is 0 Å². The van der Waals surface area contributed by atoms with Crippen molar-refractivity contribution in [2.75, 3.05) is 13.2 Å². The molecular formula is C51H90N2O7. The van der Waals surface area contributed by atoms with E-state index in [2.05, 4.69) is 67.0 Å². The van der Waals surface area contributed by atoms with Crippen molar-refractivity contribution < 1.29 is 34.1 Å². The van der Waals surface area contributed by atoms with Gasteiger partial charge in [-0.3, -0.25) is 14.4 Å². The predicted octanol–water partition coefficient (Wildman–Crippen LogP) is 12.7. The lowest BCUT2D eigenvalue weighted by atomic mass is 10.0. The molecule has 9 heteroatoms. The summed E-state index contributed by atoms with van der Waals surface area (Å²) in [4.78, 5) is 47.5. The standard InChI is InChI=1S/C51H90N2O7/c1-3-5-7-9-11-13-14-15-16-17-18-19-20-21-22-23-24-25-26-27-29-35-39-43-50(57)60-46(40-36-32-28-12-10-8-6-4-2)41-37-33-30-31-34-38-42-48(55)52-44-49(56)53-47(45-54)51(58)59/h6,8,12,17-18,28,36,40,46-47,54H,3-5,7,9-11,13-16,19-27,29-35,37-39,41-45H2,1-2H3,(H,52,55)(H,53,56)(H,58,59)/b8-6-,18-17-,28-12-,40-36-. The molecular weight excluding hydrogens is 753 g/mol. The Balaban J connectivity index is 4.10. The Morgan fingerprint density at radius 2 is 1.00 bits per heavy atom. The zero-order valence-corrected chi connectivity index (χ0v) is 38.5. The number of hydrogen-bond donors (Lipinski definition) is 4. The Morgan fingerprint density at radius 3 is 1.52 bits per heavy atom. The lowest BCUT2D eigenvalue weighted by Gasteiger charge is -2.15. The molecule has 0 bridgehead atoms. The minimum absolute atomic E-state index is 0.102. The van der Waals surface area contributed by atoms with E-state index in [1.165, 1.54) is 122 Å². The molecule has 346 valence electrons. The molecule has 0 heterocycles. The average molecular weight is 843 g/mol. The maximum absolute atomic E-state index is 12.8. The van der Waals surface area contributed by atoms with Gasteiger partial charge < -0.3 is 25.6 Å². The summed E-state index contributed by atoms with van der Waals surface area (Å²) in [6, 6.07) is -1.38. The van der Waals surface area contributed by atoms with Gasteiger partial charge in [0.15, 0.2) is 0 Å². The molecule has 0 fully saturated rings. The lowest BCUT2D eigenvalue weighted by Crippen LogP contribution is -2.47. The number of rotatable bonds is 44. The number of aliphatic carboxylic acids is 1. The molecule has 4 N–H and O–H groups in total. The third kappa shape index (κ3) is 41.5. The number of aliphatic hydroxyl groups excluding tert-OH is 1. The Bertz CT molecular complexity index is 1150. The lowest BCUT2D eigenvalue weighted by molar-refractivity contribution is -0.147. The first-order valence-electron chi connectivity index (χ1n) is 24.5. The molecule has 0 saturated heterocycles. The third-order valence-corrected chi connectivity index (χ3v) is 10.8. The van der Waals surface area contributed by atoms with Gasteiger partial charge in [-0.25, -0.2) is 4.79 Å². The molecule has 60 heavy (non-hydrogen) atoms. The molecule has 0 aliphatic rings. The molecule has 2 amide bonds. The fourth-order valence-electron chi connectivity index (χ4n) is 7.06. The van der Waals surface area contributed by atoms with Gasteiger partial charge in [-0.1, -0.05) is 185 Å². The van der Waals surface area contributed by atoms with Crippen LogP contribution >= 0.6 is 0 Å². The van der Waals surface area contributed by atoms with Gasteiger partial charge in [-0.15, -0.1) is 0 Å². The van der Waals surface area contributed by atoms with E-state index in [9.17, 15) is 19.2 Å². The predicted molar refractivity (Wildman–Crippen MR) is 250 cm³/mol. The molecule has 0 aromatic heterocycles. The smallest absolute Gasteiger partial charge is 0.328 e. The summed E-state index contributed by atoms with van der Waals surface area (Å²) in [7, 11) is 0. The Kier molecular flexibility index (Phi) is 42.9. The van der Waals surface area contributed by atoms with E-state index >= 15 is 0 Å². The van der Waals surface area contributed by atoms with Crippen molar-refractivity contribution in [2.24, 2.45) is 0 Å². The summed E-state index contributed by atoms with van der Waals surface area (Å²) < 4.78 is 5.93. The number of nitrogens with one attached hydrogen (secondary N) is 2. The monoisotopic (exact) mass is 843 g/mol. The van der Waals surface area contributed by atoms with E-state index in [-0.39, 0.29) is 24.5 Å². The van der Waals surface area contributed by atoms with Gasteiger partial charge in [-0.05, 0) is 76.7 Å². The van der Waals surface area contributed by atoms with Crippen LogP contribution < -0.4 is 10.6 Å². The van der Waals surface area contributed by atoms with Crippen LogP contribution in [0.3, 0.4) is 0 Å². The quantitative estimate of drug-likeness (QED) is 0.0272. The van der Waals surface area contributed by atoms with Gasteiger partial charge in [0, 0.05) is 12.8 Å². The van der Waals surface area contributed by atoms with Crippen LogP contribution in [-0.4, -0.2) is 59.3 Å². The highest BCUT2D eigenvalue weighted by Gasteiger charge is 2.18. The number of esters is 1. The molecule has 0 spiro atoms. The zero-order valence-electron chi connectivity index (χ0n) is 38.5. The molecule has 2 atom stereocenters. The topological polar surface area (TPSA) is 142 Å². The average Bonchev–Trinajstić information content (AvgIpc) is 3.23. The number of aliphatic hydroxyl groups is 1. The molecule has 0 radical (unpaired) electrons.